The first kappa shape index (κ1) is 20.8. The third kappa shape index (κ3) is 2.84. The monoisotopic (exact) mass is 425 g/mol. The van der Waals surface area contributed by atoms with E-state index in [-0.39, 0.29) is 27.1 Å². The second-order valence-corrected chi connectivity index (χ2v) is 11.8. The number of amides is 1. The van der Waals surface area contributed by atoms with Crippen LogP contribution in [0.3, 0.4) is 0 Å². The normalized spacial score (nSPS) is 21.5. The van der Waals surface area contributed by atoms with Crippen LogP contribution in [-0.4, -0.2) is 24.4 Å². The summed E-state index contributed by atoms with van der Waals surface area (Å²) in [6.07, 6.45) is 0.440. The van der Waals surface area contributed by atoms with Crippen LogP contribution in [0.15, 0.2) is 41.3 Å². The first-order chi connectivity index (χ1) is 13.8. The molecule has 5 nitrogen and oxygen atoms in total. The minimum absolute atomic E-state index is 0.0388. The standard InChI is InChI=1S/C24H27NO4S/c1-14(26)17-11-15(23(2,3)4)12-18-21(17)19(13-24(18,5)6)25-22(27)16-9-7-8-10-20(16)30(25,28)29/h7-12,19H,13H2,1-6H3. The van der Waals surface area contributed by atoms with Crippen molar-refractivity contribution in [1.82, 2.24) is 4.31 Å². The molecule has 0 fully saturated rings. The fourth-order valence-electron chi connectivity index (χ4n) is 4.70. The number of ketones is 1. The van der Waals surface area contributed by atoms with Crippen LogP contribution in [0.1, 0.15) is 91.4 Å². The molecule has 1 amide bonds. The highest BCUT2D eigenvalue weighted by Gasteiger charge is 2.51. The maximum Gasteiger partial charge on any atom is 0.269 e. The smallest absolute Gasteiger partial charge is 0.269 e. The number of benzene rings is 2. The average Bonchev–Trinajstić information content (AvgIpc) is 3.01. The van der Waals surface area contributed by atoms with Gasteiger partial charge in [-0.05, 0) is 59.1 Å². The highest BCUT2D eigenvalue weighted by molar-refractivity contribution is 7.90. The summed E-state index contributed by atoms with van der Waals surface area (Å²) in [5, 5.41) is 0. The predicted octanol–water partition coefficient (Wildman–Crippen LogP) is 4.75. The van der Waals surface area contributed by atoms with Crippen LogP contribution in [0.25, 0.3) is 0 Å². The summed E-state index contributed by atoms with van der Waals surface area (Å²) in [6, 6.07) is 9.56. The largest absolute Gasteiger partial charge is 0.294 e. The Hall–Kier alpha value is -2.47. The van der Waals surface area contributed by atoms with E-state index in [4.69, 9.17) is 0 Å². The lowest BCUT2D eigenvalue weighted by Crippen LogP contribution is -2.34. The molecule has 2 aliphatic rings. The minimum atomic E-state index is -3.98. The van der Waals surface area contributed by atoms with Gasteiger partial charge in [0.05, 0.1) is 11.6 Å². The van der Waals surface area contributed by atoms with E-state index in [0.717, 1.165) is 15.4 Å². The number of rotatable bonds is 2. The van der Waals surface area contributed by atoms with Crippen molar-refractivity contribution < 1.29 is 18.0 Å². The highest BCUT2D eigenvalue weighted by atomic mass is 32.2. The van der Waals surface area contributed by atoms with Crippen LogP contribution in [0, 0.1) is 0 Å². The fraction of sp³-hybridized carbons (Fsp3) is 0.417. The lowest BCUT2D eigenvalue weighted by Gasteiger charge is -2.27. The molecule has 30 heavy (non-hydrogen) atoms. The molecular formula is C24H27NO4S. The van der Waals surface area contributed by atoms with E-state index in [1.807, 2.05) is 19.9 Å². The van der Waals surface area contributed by atoms with E-state index in [2.05, 4.69) is 26.8 Å². The maximum absolute atomic E-state index is 13.3. The number of nitrogens with zero attached hydrogens (tertiary/aromatic N) is 1. The number of Topliss-reactive ketones (excluding diaryl/α,β-unsaturated/α-hetero) is 1. The summed E-state index contributed by atoms with van der Waals surface area (Å²) in [7, 11) is -3.98. The average molecular weight is 426 g/mol. The second-order valence-electron chi connectivity index (χ2n) is 10.00. The van der Waals surface area contributed by atoms with E-state index < -0.39 is 22.0 Å². The highest BCUT2D eigenvalue weighted by Crippen LogP contribution is 2.52. The summed E-state index contributed by atoms with van der Waals surface area (Å²) < 4.78 is 27.7. The quantitative estimate of drug-likeness (QED) is 0.651. The Balaban J connectivity index is 1.98. The number of carbonyl (C=O) groups excluding carboxylic acids is 2. The molecule has 0 saturated heterocycles. The van der Waals surface area contributed by atoms with Crippen LogP contribution >= 0.6 is 0 Å². The summed E-state index contributed by atoms with van der Waals surface area (Å²) >= 11 is 0. The van der Waals surface area contributed by atoms with Gasteiger partial charge in [0.1, 0.15) is 4.90 Å². The number of fused-ring (bicyclic) bond motifs is 2. The van der Waals surface area contributed by atoms with Crippen molar-refractivity contribution in [3.05, 3.63) is 64.2 Å². The number of carbonyl (C=O) groups is 2. The van der Waals surface area contributed by atoms with E-state index in [1.165, 1.54) is 13.0 Å². The Bertz CT molecular complexity index is 1200. The zero-order valence-corrected chi connectivity index (χ0v) is 19.1. The lowest BCUT2D eigenvalue weighted by atomic mass is 9.79. The van der Waals surface area contributed by atoms with Gasteiger partial charge in [-0.15, -0.1) is 0 Å². The Morgan fingerprint density at radius 1 is 1.13 bits per heavy atom. The maximum atomic E-state index is 13.3. The number of hydrogen-bond acceptors (Lipinski definition) is 4. The van der Waals surface area contributed by atoms with Gasteiger partial charge in [-0.25, -0.2) is 12.7 Å². The molecule has 1 aliphatic heterocycles. The second kappa shape index (κ2) is 6.27. The summed E-state index contributed by atoms with van der Waals surface area (Å²) in [6.45, 7) is 11.8. The van der Waals surface area contributed by atoms with Gasteiger partial charge in [0, 0.05) is 5.56 Å². The summed E-state index contributed by atoms with van der Waals surface area (Å²) in [4.78, 5) is 25.9. The van der Waals surface area contributed by atoms with E-state index in [1.54, 1.807) is 18.2 Å². The van der Waals surface area contributed by atoms with Gasteiger partial charge in [-0.3, -0.25) is 9.59 Å². The van der Waals surface area contributed by atoms with Crippen molar-refractivity contribution in [2.75, 3.05) is 0 Å². The molecule has 0 radical (unpaired) electrons. The molecule has 1 heterocycles. The molecule has 0 aromatic heterocycles. The van der Waals surface area contributed by atoms with Crippen LogP contribution in [0.5, 0.6) is 0 Å². The third-order valence-corrected chi connectivity index (χ3v) is 8.18. The van der Waals surface area contributed by atoms with E-state index >= 15 is 0 Å². The van der Waals surface area contributed by atoms with Crippen LogP contribution in [0.2, 0.25) is 0 Å². The SMILES string of the molecule is CC(=O)c1cc(C(C)(C)C)cc2c1C(N1C(=O)c3ccccc3S1(=O)=O)CC2(C)C. The minimum Gasteiger partial charge on any atom is -0.294 e. The Labute approximate surface area is 178 Å². The molecule has 1 aliphatic carbocycles. The molecule has 2 aromatic carbocycles. The van der Waals surface area contributed by atoms with Gasteiger partial charge < -0.3 is 0 Å². The molecule has 0 saturated carbocycles. The topological polar surface area (TPSA) is 71.5 Å². The van der Waals surface area contributed by atoms with Gasteiger partial charge in [0.15, 0.2) is 5.78 Å². The van der Waals surface area contributed by atoms with Crippen molar-refractivity contribution in [1.29, 1.82) is 0 Å². The molecule has 4 rings (SSSR count). The van der Waals surface area contributed by atoms with Crippen LogP contribution in [0.4, 0.5) is 0 Å². The Morgan fingerprint density at radius 3 is 2.33 bits per heavy atom. The molecule has 0 bridgehead atoms. The fourth-order valence-corrected chi connectivity index (χ4v) is 6.43. The van der Waals surface area contributed by atoms with E-state index in [9.17, 15) is 18.0 Å². The van der Waals surface area contributed by atoms with Gasteiger partial charge in [-0.2, -0.15) is 0 Å². The van der Waals surface area contributed by atoms with Gasteiger partial charge in [0.2, 0.25) is 0 Å². The van der Waals surface area contributed by atoms with Gasteiger partial charge >= 0.3 is 0 Å². The predicted molar refractivity (Wildman–Crippen MR) is 115 cm³/mol. The summed E-state index contributed by atoms with van der Waals surface area (Å²) in [5.41, 5.74) is 2.80. The molecule has 2 aromatic rings. The van der Waals surface area contributed by atoms with Gasteiger partial charge in [-0.1, -0.05) is 52.8 Å². The third-order valence-electron chi connectivity index (χ3n) is 6.33. The number of sulfonamides is 1. The molecule has 0 N–H and O–H groups in total. The van der Waals surface area contributed by atoms with Crippen molar-refractivity contribution in [3.8, 4) is 0 Å². The molecular weight excluding hydrogens is 398 g/mol. The zero-order chi connectivity index (χ0) is 22.2. The lowest BCUT2D eigenvalue weighted by molar-refractivity contribution is 0.0822. The van der Waals surface area contributed by atoms with Crippen molar-refractivity contribution >= 4 is 21.7 Å². The first-order valence-corrected chi connectivity index (χ1v) is 11.6. The van der Waals surface area contributed by atoms with Crippen molar-refractivity contribution in [3.63, 3.8) is 0 Å². The summed E-state index contributed by atoms with van der Waals surface area (Å²) in [5.74, 6) is -0.643. The first-order valence-electron chi connectivity index (χ1n) is 10.1. The molecule has 1 unspecified atom stereocenters. The molecule has 158 valence electrons. The van der Waals surface area contributed by atoms with Crippen LogP contribution in [-0.2, 0) is 20.9 Å². The Kier molecular flexibility index (Phi) is 4.34. The number of hydrogen-bond donors (Lipinski definition) is 0. The van der Waals surface area contributed by atoms with Gasteiger partial charge in [0.25, 0.3) is 15.9 Å². The molecule has 6 heteroatoms. The molecule has 1 atom stereocenters. The molecule has 0 spiro atoms. The zero-order valence-electron chi connectivity index (χ0n) is 18.2. The Morgan fingerprint density at radius 2 is 1.77 bits per heavy atom. The van der Waals surface area contributed by atoms with E-state index in [0.29, 0.717) is 17.5 Å². The van der Waals surface area contributed by atoms with Crippen LogP contribution < -0.4 is 0 Å². The van der Waals surface area contributed by atoms with Crippen molar-refractivity contribution in [2.24, 2.45) is 0 Å². The van der Waals surface area contributed by atoms with Crippen molar-refractivity contribution in [2.45, 2.75) is 69.7 Å².